The lowest BCUT2D eigenvalue weighted by molar-refractivity contribution is -0.870. The number of hydrogen-bond donors (Lipinski definition) is 3. The summed E-state index contributed by atoms with van der Waals surface area (Å²) in [6.45, 7) is 4.64. The second-order valence-corrected chi connectivity index (χ2v) is 24.9. The van der Waals surface area contributed by atoms with Crippen LogP contribution in [0.5, 0.6) is 0 Å². The number of rotatable bonds is 60. The Morgan fingerprint density at radius 3 is 1.10 bits per heavy atom. The third-order valence-electron chi connectivity index (χ3n) is 14.2. The lowest BCUT2D eigenvalue weighted by atomic mass is 10.0. The number of likely N-dealkylation sites (N-methyl/N-ethyl adjacent to an activating group) is 1. The van der Waals surface area contributed by atoms with Crippen LogP contribution in [0.3, 0.4) is 0 Å². The van der Waals surface area contributed by atoms with Gasteiger partial charge in [-0.3, -0.25) is 13.8 Å². The number of carbonyl (C=O) groups excluding carboxylic acids is 1. The Bertz CT molecular complexity index is 1930. The molecule has 1 amide bonds. The molecule has 3 unspecified atom stereocenters. The molecule has 8 nitrogen and oxygen atoms in total. The molecule has 478 valence electrons. The smallest absolute Gasteiger partial charge is 0.387 e. The zero-order chi connectivity index (χ0) is 61.2. The number of nitrogens with one attached hydrogen (secondary N) is 1. The highest BCUT2D eigenvalue weighted by atomic mass is 31.2. The molecule has 3 atom stereocenters. The van der Waals surface area contributed by atoms with Gasteiger partial charge in [0.15, 0.2) is 0 Å². The second-order valence-electron chi connectivity index (χ2n) is 23.4. The van der Waals surface area contributed by atoms with E-state index in [1.54, 1.807) is 6.08 Å². The van der Waals surface area contributed by atoms with Gasteiger partial charge in [-0.05, 0) is 122 Å². The number of hydrogen-bond acceptors (Lipinski definition) is 5. The quantitative estimate of drug-likeness (QED) is 0.0243. The van der Waals surface area contributed by atoms with Gasteiger partial charge in [0.2, 0.25) is 5.91 Å². The van der Waals surface area contributed by atoms with E-state index in [9.17, 15) is 19.4 Å². The summed E-state index contributed by atoms with van der Waals surface area (Å²) in [5.41, 5.74) is 0. The summed E-state index contributed by atoms with van der Waals surface area (Å²) >= 11 is 0. The molecule has 0 saturated carbocycles. The zero-order valence-corrected chi connectivity index (χ0v) is 55.5. The standard InChI is InChI=1S/C75H127N2O6P/c1-6-8-10-12-14-16-18-20-22-24-26-28-30-32-34-36-37-38-39-41-43-45-47-49-51-53-55-57-59-61-63-65-67-69-75(79)76-73(72-83-84(80,81)82-71-70-77(3,4)5)74(78)68-66-64-62-60-58-56-54-52-50-48-46-44-42-40-35-33-31-29-27-25-23-21-19-17-15-13-11-9-7-2/h8,10,14,16,20,22,26,28,32,34,37-38,41,43,47,49-50,52-53,55,58-61,66,68,73-74,78H,6-7,9,11-13,15,17-19,21,23-25,27,29-31,33,35-36,39-40,42,44-46,48,51,54,56-57,62-65,67,69-72H2,1-5H3,(H-,76,79,80,81)/p+1/b10-8-,16-14-,22-20-,28-26-,34-32-,38-37-,43-41-,49-47-,52-50+,55-53-,60-58+,61-59-,68-66+. The van der Waals surface area contributed by atoms with Gasteiger partial charge in [0.25, 0.3) is 0 Å². The van der Waals surface area contributed by atoms with Gasteiger partial charge in [-0.25, -0.2) is 4.57 Å². The van der Waals surface area contributed by atoms with Crippen molar-refractivity contribution in [3.63, 3.8) is 0 Å². The van der Waals surface area contributed by atoms with Crippen molar-refractivity contribution < 1.29 is 32.9 Å². The van der Waals surface area contributed by atoms with Crippen molar-refractivity contribution in [1.29, 1.82) is 0 Å². The van der Waals surface area contributed by atoms with Crippen LogP contribution < -0.4 is 5.32 Å². The number of aliphatic hydroxyl groups is 1. The molecule has 0 saturated heterocycles. The summed E-state index contributed by atoms with van der Waals surface area (Å²) in [6.07, 6.45) is 99.6. The number of amides is 1. The lowest BCUT2D eigenvalue weighted by Crippen LogP contribution is -2.45. The molecular weight excluding hydrogens is 1060 g/mol. The molecule has 84 heavy (non-hydrogen) atoms. The fourth-order valence-electron chi connectivity index (χ4n) is 8.98. The van der Waals surface area contributed by atoms with Crippen molar-refractivity contribution >= 4 is 13.7 Å². The first kappa shape index (κ1) is 80.1. The molecule has 0 aliphatic rings. The average Bonchev–Trinajstić information content (AvgIpc) is 3.56. The summed E-state index contributed by atoms with van der Waals surface area (Å²) in [5.74, 6) is -0.238. The fourth-order valence-corrected chi connectivity index (χ4v) is 9.72. The van der Waals surface area contributed by atoms with Crippen LogP contribution in [-0.2, 0) is 18.4 Å². The van der Waals surface area contributed by atoms with E-state index in [0.717, 1.165) is 103 Å². The van der Waals surface area contributed by atoms with Crippen LogP contribution >= 0.6 is 7.82 Å². The Morgan fingerprint density at radius 2 is 0.726 bits per heavy atom. The predicted octanol–water partition coefficient (Wildman–Crippen LogP) is 21.8. The number of aliphatic hydroxyl groups excluding tert-OH is 1. The van der Waals surface area contributed by atoms with Crippen molar-refractivity contribution in [3.05, 3.63) is 158 Å². The molecule has 0 bridgehead atoms. The van der Waals surface area contributed by atoms with E-state index in [0.29, 0.717) is 17.4 Å². The van der Waals surface area contributed by atoms with E-state index >= 15 is 0 Å². The molecule has 0 aromatic carbocycles. The summed E-state index contributed by atoms with van der Waals surface area (Å²) in [7, 11) is 1.49. The molecule has 0 fully saturated rings. The van der Waals surface area contributed by atoms with Gasteiger partial charge < -0.3 is 19.8 Å². The topological polar surface area (TPSA) is 105 Å². The van der Waals surface area contributed by atoms with Crippen LogP contribution in [0.15, 0.2) is 158 Å². The maximum absolute atomic E-state index is 13.0. The van der Waals surface area contributed by atoms with Gasteiger partial charge in [0.1, 0.15) is 13.2 Å². The van der Waals surface area contributed by atoms with Crippen molar-refractivity contribution in [2.45, 2.75) is 270 Å². The summed E-state index contributed by atoms with van der Waals surface area (Å²) in [4.78, 5) is 23.4. The summed E-state index contributed by atoms with van der Waals surface area (Å²) < 4.78 is 23.7. The average molecular weight is 1180 g/mol. The molecule has 0 aromatic rings. The predicted molar refractivity (Wildman–Crippen MR) is 368 cm³/mol. The molecular formula is C75H128N2O6P+. The van der Waals surface area contributed by atoms with Crippen molar-refractivity contribution in [2.24, 2.45) is 0 Å². The summed E-state index contributed by atoms with van der Waals surface area (Å²) in [6, 6.07) is -0.908. The van der Waals surface area contributed by atoms with E-state index in [1.165, 1.54) is 128 Å². The van der Waals surface area contributed by atoms with Gasteiger partial charge in [0.05, 0.1) is 39.9 Å². The highest BCUT2D eigenvalue weighted by molar-refractivity contribution is 7.47. The van der Waals surface area contributed by atoms with Crippen LogP contribution in [0, 0.1) is 0 Å². The minimum Gasteiger partial charge on any atom is -0.387 e. The molecule has 0 aliphatic carbocycles. The van der Waals surface area contributed by atoms with Crippen LogP contribution in [-0.4, -0.2) is 73.4 Å². The summed E-state index contributed by atoms with van der Waals surface area (Å²) in [5, 5.41) is 13.9. The third-order valence-corrected chi connectivity index (χ3v) is 15.2. The van der Waals surface area contributed by atoms with Gasteiger partial charge in [-0.2, -0.15) is 0 Å². The van der Waals surface area contributed by atoms with Crippen LogP contribution in [0.4, 0.5) is 0 Å². The monoisotopic (exact) mass is 1180 g/mol. The van der Waals surface area contributed by atoms with Crippen LogP contribution in [0.25, 0.3) is 0 Å². The molecule has 0 aromatic heterocycles. The maximum atomic E-state index is 13.0. The number of allylic oxidation sites excluding steroid dienone is 25. The number of phosphoric ester groups is 1. The molecule has 0 heterocycles. The van der Waals surface area contributed by atoms with E-state index in [1.807, 2.05) is 27.2 Å². The van der Waals surface area contributed by atoms with E-state index < -0.39 is 20.0 Å². The zero-order valence-electron chi connectivity index (χ0n) is 54.6. The van der Waals surface area contributed by atoms with Crippen molar-refractivity contribution in [2.75, 3.05) is 40.9 Å². The Kier molecular flexibility index (Phi) is 60.7. The molecule has 3 N–H and O–H groups in total. The molecule has 0 spiro atoms. The maximum Gasteiger partial charge on any atom is 0.472 e. The SMILES string of the molecule is CC/C=C\C/C=C\C/C=C\C/C=C\C/C=C\C/C=C\C/C=C\C/C=C\C/C=C\C/C=C\CCCCC(=O)NC(COP(=O)(O)OCC[N+](C)(C)C)C(O)/C=C/CC/C=C/CC/C=C/CCCCCCCCCCCCCCCCCCCCC. The van der Waals surface area contributed by atoms with Gasteiger partial charge >= 0.3 is 7.82 Å². The normalized spacial score (nSPS) is 14.7. The Hall–Kier alpha value is -3.88. The molecule has 0 rings (SSSR count). The molecule has 0 aliphatic heterocycles. The third kappa shape index (κ3) is 65.7. The lowest BCUT2D eigenvalue weighted by Gasteiger charge is -2.25. The van der Waals surface area contributed by atoms with E-state index in [2.05, 4.69) is 165 Å². The largest absolute Gasteiger partial charge is 0.472 e. The number of carbonyl (C=O) groups is 1. The first-order valence-corrected chi connectivity index (χ1v) is 35.4. The Balaban J connectivity index is 4.33. The Morgan fingerprint density at radius 1 is 0.417 bits per heavy atom. The number of nitrogens with zero attached hydrogens (tertiary/aromatic N) is 1. The second kappa shape index (κ2) is 63.6. The number of unbranched alkanes of at least 4 members (excludes halogenated alkanes) is 23. The minimum atomic E-state index is -4.39. The van der Waals surface area contributed by atoms with E-state index in [4.69, 9.17) is 9.05 Å². The molecule has 0 radical (unpaired) electrons. The highest BCUT2D eigenvalue weighted by Crippen LogP contribution is 2.43. The van der Waals surface area contributed by atoms with Gasteiger partial charge in [-0.15, -0.1) is 0 Å². The highest BCUT2D eigenvalue weighted by Gasteiger charge is 2.27. The van der Waals surface area contributed by atoms with Gasteiger partial charge in [-0.1, -0.05) is 287 Å². The first-order chi connectivity index (χ1) is 41.0. The van der Waals surface area contributed by atoms with Crippen LogP contribution in [0.1, 0.15) is 258 Å². The number of phosphoric acid groups is 1. The Labute approximate surface area is 518 Å². The van der Waals surface area contributed by atoms with Crippen molar-refractivity contribution in [1.82, 2.24) is 5.32 Å². The first-order valence-electron chi connectivity index (χ1n) is 33.9. The minimum absolute atomic E-state index is 0.0358. The fraction of sp³-hybridized carbons (Fsp3) is 0.640. The van der Waals surface area contributed by atoms with E-state index in [-0.39, 0.29) is 25.5 Å². The molecule has 9 heteroatoms. The van der Waals surface area contributed by atoms with Crippen LogP contribution in [0.2, 0.25) is 0 Å². The van der Waals surface area contributed by atoms with Crippen molar-refractivity contribution in [3.8, 4) is 0 Å². The van der Waals surface area contributed by atoms with Gasteiger partial charge in [0, 0.05) is 6.42 Å². The number of quaternary nitrogens is 1.